The monoisotopic (exact) mass is 297 g/mol. The van der Waals surface area contributed by atoms with Gasteiger partial charge in [0.15, 0.2) is 0 Å². The van der Waals surface area contributed by atoms with Gasteiger partial charge in [-0.1, -0.05) is 18.2 Å². The molecule has 0 unspecified atom stereocenters. The van der Waals surface area contributed by atoms with E-state index in [1.807, 2.05) is 24.3 Å². The van der Waals surface area contributed by atoms with Gasteiger partial charge in [-0.05, 0) is 37.3 Å². The highest BCUT2D eigenvalue weighted by Crippen LogP contribution is 2.29. The number of likely N-dealkylation sites (N-methyl/N-ethyl adjacent to an activating group) is 1. The Morgan fingerprint density at radius 3 is 2.77 bits per heavy atom. The van der Waals surface area contributed by atoms with Crippen molar-refractivity contribution < 1.29 is 9.59 Å². The fraction of sp³-hybridized carbons (Fsp3) is 0.353. The molecule has 0 aliphatic heterocycles. The highest BCUT2D eigenvalue weighted by molar-refractivity contribution is 6.08. The molecule has 0 atom stereocenters. The van der Waals surface area contributed by atoms with Gasteiger partial charge in [0.2, 0.25) is 5.91 Å². The number of fused-ring (bicyclic) bond motifs is 2. The van der Waals surface area contributed by atoms with Crippen LogP contribution < -0.4 is 10.6 Å². The van der Waals surface area contributed by atoms with Crippen LogP contribution in [0.2, 0.25) is 0 Å². The molecular formula is C17H19N3O2. The zero-order valence-corrected chi connectivity index (χ0v) is 12.6. The highest BCUT2D eigenvalue weighted by atomic mass is 16.2. The first-order chi connectivity index (χ1) is 10.7. The van der Waals surface area contributed by atoms with Gasteiger partial charge < -0.3 is 10.6 Å². The second-order valence-corrected chi connectivity index (χ2v) is 5.49. The molecule has 1 heterocycles. The van der Waals surface area contributed by atoms with E-state index in [1.54, 1.807) is 7.05 Å². The van der Waals surface area contributed by atoms with E-state index in [-0.39, 0.29) is 18.4 Å². The smallest absolute Gasteiger partial charge is 0.252 e. The Labute approximate surface area is 129 Å². The molecule has 3 rings (SSSR count). The summed E-state index contributed by atoms with van der Waals surface area (Å²) in [7, 11) is 1.55. The molecule has 1 aliphatic rings. The number of hydrogen-bond donors (Lipinski definition) is 2. The molecule has 1 aromatic heterocycles. The number of carbonyl (C=O) groups excluding carboxylic acids is 2. The number of amides is 2. The number of aryl methyl sites for hydroxylation is 1. The molecule has 0 bridgehead atoms. The van der Waals surface area contributed by atoms with E-state index in [2.05, 4.69) is 10.6 Å². The summed E-state index contributed by atoms with van der Waals surface area (Å²) in [5.74, 6) is -0.402. The van der Waals surface area contributed by atoms with Gasteiger partial charge in [0.25, 0.3) is 5.91 Å². The number of hydrogen-bond acceptors (Lipinski definition) is 3. The van der Waals surface area contributed by atoms with Crippen LogP contribution in [0.5, 0.6) is 0 Å². The Bertz CT molecular complexity index is 740. The molecule has 5 heteroatoms. The molecule has 0 radical (unpaired) electrons. The second-order valence-electron chi connectivity index (χ2n) is 5.49. The minimum atomic E-state index is -0.208. The first kappa shape index (κ1) is 14.5. The van der Waals surface area contributed by atoms with Crippen molar-refractivity contribution in [1.82, 2.24) is 15.6 Å². The minimum Gasteiger partial charge on any atom is -0.358 e. The van der Waals surface area contributed by atoms with Crippen LogP contribution in [0, 0.1) is 0 Å². The van der Waals surface area contributed by atoms with Crippen molar-refractivity contribution in [1.29, 1.82) is 0 Å². The minimum absolute atomic E-state index is 0.0131. The number of pyridine rings is 1. The fourth-order valence-electron chi connectivity index (χ4n) is 2.97. The summed E-state index contributed by atoms with van der Waals surface area (Å²) in [6, 6.07) is 7.69. The fourth-order valence-corrected chi connectivity index (χ4v) is 2.97. The van der Waals surface area contributed by atoms with E-state index in [4.69, 9.17) is 4.98 Å². The number of carbonyl (C=O) groups is 2. The summed E-state index contributed by atoms with van der Waals surface area (Å²) in [5, 5.41) is 6.08. The predicted molar refractivity (Wildman–Crippen MR) is 84.8 cm³/mol. The van der Waals surface area contributed by atoms with Crippen LogP contribution in [0.1, 0.15) is 34.5 Å². The Kier molecular flexibility index (Phi) is 4.04. The normalized spacial score (nSPS) is 13.5. The van der Waals surface area contributed by atoms with Gasteiger partial charge in [-0.2, -0.15) is 0 Å². The Hall–Kier alpha value is -2.43. The quantitative estimate of drug-likeness (QED) is 0.904. The maximum absolute atomic E-state index is 12.6. The third kappa shape index (κ3) is 2.66. The zero-order chi connectivity index (χ0) is 15.5. The molecular weight excluding hydrogens is 278 g/mol. The Morgan fingerprint density at radius 2 is 1.95 bits per heavy atom. The van der Waals surface area contributed by atoms with E-state index in [0.29, 0.717) is 5.56 Å². The zero-order valence-electron chi connectivity index (χ0n) is 12.6. The first-order valence-electron chi connectivity index (χ1n) is 7.60. The van der Waals surface area contributed by atoms with E-state index >= 15 is 0 Å². The van der Waals surface area contributed by atoms with Gasteiger partial charge in [0.1, 0.15) is 0 Å². The summed E-state index contributed by atoms with van der Waals surface area (Å²) in [5.41, 5.74) is 3.59. The number of rotatable bonds is 3. The molecule has 2 N–H and O–H groups in total. The lowest BCUT2D eigenvalue weighted by Crippen LogP contribution is -2.36. The number of aromatic nitrogens is 1. The number of nitrogens with zero attached hydrogens (tertiary/aromatic N) is 1. The van der Waals surface area contributed by atoms with Gasteiger partial charge >= 0.3 is 0 Å². The lowest BCUT2D eigenvalue weighted by molar-refractivity contribution is -0.119. The van der Waals surface area contributed by atoms with Crippen LogP contribution in [0.25, 0.3) is 10.9 Å². The number of benzene rings is 1. The summed E-state index contributed by atoms with van der Waals surface area (Å²) in [6.07, 6.45) is 3.96. The average molecular weight is 297 g/mol. The van der Waals surface area contributed by atoms with Crippen LogP contribution in [0.4, 0.5) is 0 Å². The van der Waals surface area contributed by atoms with Crippen LogP contribution >= 0.6 is 0 Å². The number of nitrogens with one attached hydrogen (secondary N) is 2. The van der Waals surface area contributed by atoms with Gasteiger partial charge in [0.05, 0.1) is 17.6 Å². The first-order valence-corrected chi connectivity index (χ1v) is 7.60. The Balaban J connectivity index is 2.06. The SMILES string of the molecule is CNC(=O)CNC(=O)c1c2c(nc3ccccc13)CCCC2. The van der Waals surface area contributed by atoms with Crippen molar-refractivity contribution in [3.05, 3.63) is 41.1 Å². The number of para-hydroxylation sites is 1. The lowest BCUT2D eigenvalue weighted by atomic mass is 9.89. The van der Waals surface area contributed by atoms with Crippen molar-refractivity contribution >= 4 is 22.7 Å². The highest BCUT2D eigenvalue weighted by Gasteiger charge is 2.22. The molecule has 0 saturated carbocycles. The van der Waals surface area contributed by atoms with Crippen molar-refractivity contribution in [2.75, 3.05) is 13.6 Å². The topological polar surface area (TPSA) is 71.1 Å². The van der Waals surface area contributed by atoms with Crippen molar-refractivity contribution in [3.63, 3.8) is 0 Å². The molecule has 2 amide bonds. The van der Waals surface area contributed by atoms with Gasteiger partial charge in [0, 0.05) is 18.1 Å². The van der Waals surface area contributed by atoms with Crippen LogP contribution in [0.3, 0.4) is 0 Å². The van der Waals surface area contributed by atoms with Gasteiger partial charge in [-0.15, -0.1) is 0 Å². The summed E-state index contributed by atoms with van der Waals surface area (Å²) in [4.78, 5) is 28.7. The molecule has 2 aromatic rings. The second kappa shape index (κ2) is 6.13. The molecule has 1 aromatic carbocycles. The predicted octanol–water partition coefficient (Wildman–Crippen LogP) is 1.59. The molecule has 114 valence electrons. The third-order valence-corrected chi connectivity index (χ3v) is 4.08. The molecule has 0 fully saturated rings. The summed E-state index contributed by atoms with van der Waals surface area (Å²) in [6.45, 7) is -0.0131. The van der Waals surface area contributed by atoms with Crippen molar-refractivity contribution in [2.24, 2.45) is 0 Å². The molecule has 5 nitrogen and oxygen atoms in total. The van der Waals surface area contributed by atoms with Crippen LogP contribution in [-0.2, 0) is 17.6 Å². The van der Waals surface area contributed by atoms with Gasteiger partial charge in [-0.25, -0.2) is 0 Å². The average Bonchev–Trinajstić information content (AvgIpc) is 2.57. The Morgan fingerprint density at radius 1 is 1.18 bits per heavy atom. The van der Waals surface area contributed by atoms with Crippen molar-refractivity contribution in [3.8, 4) is 0 Å². The van der Waals surface area contributed by atoms with E-state index in [0.717, 1.165) is 47.8 Å². The summed E-state index contributed by atoms with van der Waals surface area (Å²) < 4.78 is 0. The van der Waals surface area contributed by atoms with E-state index < -0.39 is 0 Å². The molecule has 0 saturated heterocycles. The molecule has 22 heavy (non-hydrogen) atoms. The van der Waals surface area contributed by atoms with Crippen LogP contribution in [-0.4, -0.2) is 30.4 Å². The maximum atomic E-state index is 12.6. The third-order valence-electron chi connectivity index (χ3n) is 4.08. The maximum Gasteiger partial charge on any atom is 0.252 e. The van der Waals surface area contributed by atoms with Crippen LogP contribution in [0.15, 0.2) is 24.3 Å². The molecule has 1 aliphatic carbocycles. The summed E-state index contributed by atoms with van der Waals surface area (Å²) >= 11 is 0. The van der Waals surface area contributed by atoms with E-state index in [1.165, 1.54) is 0 Å². The standard InChI is InChI=1S/C17H19N3O2/c1-18-15(21)10-19-17(22)16-11-6-2-4-8-13(11)20-14-9-5-3-7-12(14)16/h2,4,6,8H,3,5,7,9-10H2,1H3,(H,18,21)(H,19,22). The van der Waals surface area contributed by atoms with Gasteiger partial charge in [-0.3, -0.25) is 14.6 Å². The lowest BCUT2D eigenvalue weighted by Gasteiger charge is -2.20. The van der Waals surface area contributed by atoms with E-state index in [9.17, 15) is 9.59 Å². The largest absolute Gasteiger partial charge is 0.358 e. The molecule has 0 spiro atoms. The van der Waals surface area contributed by atoms with Crippen molar-refractivity contribution in [2.45, 2.75) is 25.7 Å².